The maximum atomic E-state index is 10.8. The number of benzene rings is 1. The molecule has 3 aliphatic rings. The van der Waals surface area contributed by atoms with Gasteiger partial charge in [-0.25, -0.2) is 0 Å². The first-order valence-corrected chi connectivity index (χ1v) is 5.70. The zero-order valence-electron chi connectivity index (χ0n) is 7.61. The lowest BCUT2D eigenvalue weighted by Gasteiger charge is -2.45. The molecular weight excluding hydrogens is 242 g/mol. The van der Waals surface area contributed by atoms with E-state index in [0.717, 1.165) is 22.9 Å². The molecule has 4 rings (SSSR count). The summed E-state index contributed by atoms with van der Waals surface area (Å²) in [5.74, 6) is 1.21. The van der Waals surface area contributed by atoms with Gasteiger partial charge in [-0.1, -0.05) is 27.2 Å². The minimum absolute atomic E-state index is 0.0903. The molecule has 14 heavy (non-hydrogen) atoms. The van der Waals surface area contributed by atoms with Crippen molar-refractivity contribution >= 4 is 15.9 Å². The molecule has 1 atom stereocenters. The van der Waals surface area contributed by atoms with Gasteiger partial charge in [-0.3, -0.25) is 0 Å². The summed E-state index contributed by atoms with van der Waals surface area (Å²) in [6.45, 7) is 0. The van der Waals surface area contributed by atoms with Crippen molar-refractivity contribution in [1.29, 1.82) is 0 Å². The number of hydrogen-bond acceptors (Lipinski definition) is 2. The highest BCUT2D eigenvalue weighted by atomic mass is 79.9. The largest absolute Gasteiger partial charge is 0.150 e. The smallest absolute Gasteiger partial charge is 0.120 e. The molecule has 2 bridgehead atoms. The minimum Gasteiger partial charge on any atom is -0.150 e. The van der Waals surface area contributed by atoms with Crippen molar-refractivity contribution in [1.82, 2.24) is 0 Å². The van der Waals surface area contributed by atoms with Crippen LogP contribution in [0.1, 0.15) is 35.9 Å². The summed E-state index contributed by atoms with van der Waals surface area (Å²) in [4.78, 5) is 10.8. The standard InChI is InChI=1S/C11H10BrNO/c12-8-1-2-9-6-3-7(4-6)11(13-14)10(9)5-8/h1-2,5-7,11H,3-4H2. The van der Waals surface area contributed by atoms with E-state index in [0.29, 0.717) is 11.8 Å². The molecule has 0 radical (unpaired) electrons. The Morgan fingerprint density at radius 2 is 2.07 bits per heavy atom. The molecule has 3 heteroatoms. The van der Waals surface area contributed by atoms with Crippen molar-refractivity contribution in [3.05, 3.63) is 38.7 Å². The molecular formula is C11H10BrNO. The predicted octanol–water partition coefficient (Wildman–Crippen LogP) is 3.76. The molecule has 2 nitrogen and oxygen atoms in total. The molecule has 0 amide bonds. The molecule has 0 heterocycles. The second-order valence-electron chi connectivity index (χ2n) is 4.25. The summed E-state index contributed by atoms with van der Waals surface area (Å²) in [6, 6.07) is 6.16. The van der Waals surface area contributed by atoms with E-state index < -0.39 is 0 Å². The quantitative estimate of drug-likeness (QED) is 0.699. The van der Waals surface area contributed by atoms with Gasteiger partial charge in [0.05, 0.1) is 0 Å². The molecule has 1 aromatic rings. The highest BCUT2D eigenvalue weighted by molar-refractivity contribution is 9.10. The minimum atomic E-state index is -0.0903. The van der Waals surface area contributed by atoms with Gasteiger partial charge in [-0.15, -0.1) is 0 Å². The van der Waals surface area contributed by atoms with Gasteiger partial charge in [-0.05, 0) is 47.9 Å². The lowest BCUT2D eigenvalue weighted by molar-refractivity contribution is 0.195. The first-order chi connectivity index (χ1) is 6.79. The van der Waals surface area contributed by atoms with E-state index in [2.05, 4.69) is 39.3 Å². The van der Waals surface area contributed by atoms with Crippen LogP contribution in [-0.2, 0) is 0 Å². The predicted molar refractivity (Wildman–Crippen MR) is 58.1 cm³/mol. The van der Waals surface area contributed by atoms with Crippen LogP contribution in [0.4, 0.5) is 0 Å². The molecule has 1 unspecified atom stereocenters. The van der Waals surface area contributed by atoms with E-state index in [1.54, 1.807) is 0 Å². The van der Waals surface area contributed by atoms with E-state index in [4.69, 9.17) is 0 Å². The Kier molecular flexibility index (Phi) is 1.78. The van der Waals surface area contributed by atoms with E-state index in [-0.39, 0.29) is 6.04 Å². The maximum Gasteiger partial charge on any atom is 0.120 e. The number of hydrogen-bond donors (Lipinski definition) is 0. The van der Waals surface area contributed by atoms with Crippen molar-refractivity contribution in [3.8, 4) is 0 Å². The third-order valence-electron chi connectivity index (χ3n) is 3.54. The highest BCUT2D eigenvalue weighted by Gasteiger charge is 2.44. The molecule has 0 aromatic heterocycles. The monoisotopic (exact) mass is 251 g/mol. The van der Waals surface area contributed by atoms with Crippen LogP contribution in [0.25, 0.3) is 0 Å². The first-order valence-electron chi connectivity index (χ1n) is 4.91. The zero-order valence-corrected chi connectivity index (χ0v) is 9.20. The van der Waals surface area contributed by atoms with E-state index in [1.807, 2.05) is 0 Å². The maximum absolute atomic E-state index is 10.8. The summed E-state index contributed by atoms with van der Waals surface area (Å²) in [6.07, 6.45) is 2.32. The fourth-order valence-corrected chi connectivity index (χ4v) is 3.12. The Hall–Kier alpha value is -0.700. The molecule has 0 saturated heterocycles. The Labute approximate surface area is 90.8 Å². The van der Waals surface area contributed by atoms with Gasteiger partial charge in [0.2, 0.25) is 0 Å². The van der Waals surface area contributed by atoms with Crippen molar-refractivity contribution in [2.45, 2.75) is 24.8 Å². The normalized spacial score (nSPS) is 33.1. The van der Waals surface area contributed by atoms with Gasteiger partial charge >= 0.3 is 0 Å². The SMILES string of the molecule is O=NC1c2cc(Br)ccc2C2CC1C2. The lowest BCUT2D eigenvalue weighted by atomic mass is 9.60. The first kappa shape index (κ1) is 8.60. The number of rotatable bonds is 1. The van der Waals surface area contributed by atoms with Gasteiger partial charge in [-0.2, -0.15) is 4.91 Å². The molecule has 3 aliphatic carbocycles. The van der Waals surface area contributed by atoms with Crippen LogP contribution in [-0.4, -0.2) is 0 Å². The second-order valence-corrected chi connectivity index (χ2v) is 5.17. The fraction of sp³-hybridized carbons (Fsp3) is 0.455. The Balaban J connectivity index is 2.17. The van der Waals surface area contributed by atoms with Crippen LogP contribution in [0.2, 0.25) is 0 Å². The third-order valence-corrected chi connectivity index (χ3v) is 4.04. The topological polar surface area (TPSA) is 29.4 Å². The summed E-state index contributed by atoms with van der Waals surface area (Å²) < 4.78 is 1.05. The molecule has 0 aliphatic heterocycles. The Morgan fingerprint density at radius 1 is 1.29 bits per heavy atom. The van der Waals surface area contributed by atoms with Gasteiger partial charge in [0.15, 0.2) is 0 Å². The summed E-state index contributed by atoms with van der Waals surface area (Å²) in [5.41, 5.74) is 2.50. The molecule has 1 saturated carbocycles. The van der Waals surface area contributed by atoms with Crippen LogP contribution in [0.15, 0.2) is 27.8 Å². The number of halogens is 1. The van der Waals surface area contributed by atoms with E-state index >= 15 is 0 Å². The molecule has 0 N–H and O–H groups in total. The molecule has 72 valence electrons. The van der Waals surface area contributed by atoms with E-state index in [1.165, 1.54) is 5.56 Å². The fourth-order valence-electron chi connectivity index (χ4n) is 2.74. The van der Waals surface area contributed by atoms with Crippen LogP contribution < -0.4 is 0 Å². The van der Waals surface area contributed by atoms with Crippen molar-refractivity contribution < 1.29 is 0 Å². The van der Waals surface area contributed by atoms with Gasteiger partial charge in [0, 0.05) is 4.47 Å². The zero-order chi connectivity index (χ0) is 9.71. The molecule has 1 aromatic carbocycles. The number of nitrogens with zero attached hydrogens (tertiary/aromatic N) is 1. The highest BCUT2D eigenvalue weighted by Crippen LogP contribution is 2.56. The van der Waals surface area contributed by atoms with E-state index in [9.17, 15) is 4.91 Å². The average molecular weight is 252 g/mol. The third kappa shape index (κ3) is 1.02. The van der Waals surface area contributed by atoms with Crippen LogP contribution in [0, 0.1) is 10.8 Å². The Bertz CT molecular complexity index is 398. The summed E-state index contributed by atoms with van der Waals surface area (Å²) in [5, 5.41) is 3.28. The van der Waals surface area contributed by atoms with Gasteiger partial charge in [0.25, 0.3) is 0 Å². The average Bonchev–Trinajstić information content (AvgIpc) is 2.14. The molecule has 1 fully saturated rings. The van der Waals surface area contributed by atoms with Crippen LogP contribution >= 0.6 is 15.9 Å². The number of nitroso groups, excluding NO2 is 1. The Morgan fingerprint density at radius 3 is 2.79 bits per heavy atom. The summed E-state index contributed by atoms with van der Waals surface area (Å²) >= 11 is 3.44. The van der Waals surface area contributed by atoms with Crippen molar-refractivity contribution in [2.75, 3.05) is 0 Å². The second kappa shape index (κ2) is 2.89. The van der Waals surface area contributed by atoms with Crippen LogP contribution in [0.3, 0.4) is 0 Å². The molecule has 0 spiro atoms. The lowest BCUT2D eigenvalue weighted by Crippen LogP contribution is -2.33. The van der Waals surface area contributed by atoms with Crippen molar-refractivity contribution in [3.63, 3.8) is 0 Å². The van der Waals surface area contributed by atoms with Gasteiger partial charge in [0.1, 0.15) is 6.04 Å². The van der Waals surface area contributed by atoms with Crippen LogP contribution in [0.5, 0.6) is 0 Å². The summed E-state index contributed by atoms with van der Waals surface area (Å²) in [7, 11) is 0. The van der Waals surface area contributed by atoms with Gasteiger partial charge < -0.3 is 0 Å². The van der Waals surface area contributed by atoms with Crippen molar-refractivity contribution in [2.24, 2.45) is 11.1 Å².